The van der Waals surface area contributed by atoms with Crippen LogP contribution in [0.3, 0.4) is 0 Å². The second kappa shape index (κ2) is 12.7. The Kier molecular flexibility index (Phi) is 8.68. The molecule has 2 aliphatic heterocycles. The van der Waals surface area contributed by atoms with Crippen LogP contribution in [0, 0.1) is 24.5 Å². The number of carbonyl (C=O) groups is 2. The van der Waals surface area contributed by atoms with Crippen molar-refractivity contribution in [1.82, 2.24) is 14.7 Å². The number of hydrogen-bond donors (Lipinski definition) is 2. The van der Waals surface area contributed by atoms with E-state index in [9.17, 15) is 18.4 Å². The first-order valence-electron chi connectivity index (χ1n) is 16.0. The van der Waals surface area contributed by atoms with Crippen molar-refractivity contribution in [2.75, 3.05) is 10.6 Å². The van der Waals surface area contributed by atoms with E-state index in [4.69, 9.17) is 5.10 Å². The number of benzene rings is 3. The predicted octanol–water partition coefficient (Wildman–Crippen LogP) is 7.96. The molecule has 2 aliphatic rings. The quantitative estimate of drug-likeness (QED) is 0.219. The summed E-state index contributed by atoms with van der Waals surface area (Å²) in [6.45, 7) is 8.30. The lowest BCUT2D eigenvalue weighted by molar-refractivity contribution is -0.135. The Balaban J connectivity index is 1.05. The molecule has 0 radical (unpaired) electrons. The molecule has 9 heteroatoms. The van der Waals surface area contributed by atoms with E-state index in [0.29, 0.717) is 17.4 Å². The van der Waals surface area contributed by atoms with Crippen molar-refractivity contribution < 1.29 is 18.4 Å². The molecule has 2 bridgehead atoms. The summed E-state index contributed by atoms with van der Waals surface area (Å²) in [6.07, 6.45) is 4.56. The maximum atomic E-state index is 14.2. The molecule has 7 nitrogen and oxygen atoms in total. The van der Waals surface area contributed by atoms with Gasteiger partial charge < -0.3 is 10.2 Å². The number of urea groups is 1. The zero-order valence-electron chi connectivity index (χ0n) is 26.8. The number of nitrogens with zero attached hydrogens (tertiary/aromatic N) is 3. The number of halogens is 2. The highest BCUT2D eigenvalue weighted by atomic mass is 19.1. The molecule has 240 valence electrons. The Labute approximate surface area is 269 Å². The Morgan fingerprint density at radius 1 is 0.891 bits per heavy atom. The topological polar surface area (TPSA) is 79.3 Å². The zero-order valence-corrected chi connectivity index (χ0v) is 26.8. The first kappa shape index (κ1) is 31.5. The van der Waals surface area contributed by atoms with Crippen molar-refractivity contribution in [3.05, 3.63) is 107 Å². The van der Waals surface area contributed by atoms with Gasteiger partial charge in [0, 0.05) is 35.3 Å². The number of nitrogens with one attached hydrogen (secondary N) is 2. The fourth-order valence-corrected chi connectivity index (χ4v) is 6.84. The largest absolute Gasteiger partial charge is 0.336 e. The van der Waals surface area contributed by atoms with Gasteiger partial charge in [-0.1, -0.05) is 56.7 Å². The van der Waals surface area contributed by atoms with Crippen molar-refractivity contribution in [3.63, 3.8) is 0 Å². The molecular weight excluding hydrogens is 584 g/mol. The van der Waals surface area contributed by atoms with E-state index in [2.05, 4.69) is 31.4 Å². The lowest BCUT2D eigenvalue weighted by Gasteiger charge is -2.39. The number of piperidine rings is 1. The molecule has 1 aromatic heterocycles. The lowest BCUT2D eigenvalue weighted by Crippen LogP contribution is -2.47. The lowest BCUT2D eigenvalue weighted by atomic mass is 9.85. The van der Waals surface area contributed by atoms with Crippen LogP contribution < -0.4 is 10.6 Å². The Hall–Kier alpha value is -4.53. The van der Waals surface area contributed by atoms with Crippen LogP contribution in [0.25, 0.3) is 5.69 Å². The highest BCUT2D eigenvalue weighted by Crippen LogP contribution is 2.40. The van der Waals surface area contributed by atoms with Crippen LogP contribution in [0.5, 0.6) is 0 Å². The number of hydrogen-bond acceptors (Lipinski definition) is 3. The number of aryl methyl sites for hydroxylation is 1. The number of aromatic nitrogens is 2. The van der Waals surface area contributed by atoms with Gasteiger partial charge >= 0.3 is 6.03 Å². The number of anilines is 2. The first-order chi connectivity index (χ1) is 21.9. The number of carbonyl (C=O) groups excluding carboxylic acids is 2. The van der Waals surface area contributed by atoms with Crippen molar-refractivity contribution >= 4 is 23.4 Å². The van der Waals surface area contributed by atoms with E-state index in [1.807, 2.05) is 66.4 Å². The second-order valence-electron chi connectivity index (χ2n) is 13.8. The van der Waals surface area contributed by atoms with Gasteiger partial charge in [-0.2, -0.15) is 5.10 Å². The Bertz CT molecular complexity index is 1710. The van der Waals surface area contributed by atoms with Gasteiger partial charge in [-0.3, -0.25) is 10.1 Å². The smallest absolute Gasteiger partial charge is 0.324 e. The number of fused-ring (bicyclic) bond motifs is 2. The van der Waals surface area contributed by atoms with Crippen LogP contribution in [0.4, 0.5) is 25.1 Å². The minimum atomic E-state index is -0.672. The van der Waals surface area contributed by atoms with Gasteiger partial charge in [0.05, 0.1) is 17.8 Å². The fourth-order valence-electron chi connectivity index (χ4n) is 6.84. The van der Waals surface area contributed by atoms with Crippen LogP contribution in [0.15, 0.2) is 72.8 Å². The molecule has 3 aromatic carbocycles. The molecule has 3 heterocycles. The normalized spacial score (nSPS) is 19.3. The summed E-state index contributed by atoms with van der Waals surface area (Å²) in [5.41, 5.74) is 4.80. The zero-order chi connectivity index (χ0) is 32.6. The molecule has 2 N–H and O–H groups in total. The summed E-state index contributed by atoms with van der Waals surface area (Å²) < 4.78 is 29.2. The minimum absolute atomic E-state index is 0.0438. The predicted molar refractivity (Wildman–Crippen MR) is 176 cm³/mol. The summed E-state index contributed by atoms with van der Waals surface area (Å²) in [7, 11) is 0. The second-order valence-corrected chi connectivity index (χ2v) is 13.8. The maximum Gasteiger partial charge on any atom is 0.324 e. The molecule has 2 unspecified atom stereocenters. The van der Waals surface area contributed by atoms with Crippen LogP contribution >= 0.6 is 0 Å². The van der Waals surface area contributed by atoms with E-state index in [1.165, 1.54) is 17.7 Å². The van der Waals surface area contributed by atoms with E-state index in [-0.39, 0.29) is 41.4 Å². The van der Waals surface area contributed by atoms with Crippen molar-refractivity contribution in [3.8, 4) is 5.69 Å². The third-order valence-electron chi connectivity index (χ3n) is 9.21. The van der Waals surface area contributed by atoms with Crippen molar-refractivity contribution in [2.45, 2.75) is 83.7 Å². The SMILES string of the molecule is Cc1ccc(-n2nc(C(C)(C)C)cc2NC(=O)Nc2ccc(CC3CC4CCC(C3)N4C(=O)Cc3ccc(F)cc3F)cc2)cc1. The Morgan fingerprint density at radius 3 is 2.20 bits per heavy atom. The van der Waals surface area contributed by atoms with Gasteiger partial charge in [0.1, 0.15) is 17.5 Å². The van der Waals surface area contributed by atoms with Gasteiger partial charge in [-0.05, 0) is 86.4 Å². The monoisotopic (exact) mass is 625 g/mol. The summed E-state index contributed by atoms with van der Waals surface area (Å²) in [5, 5.41) is 10.7. The summed E-state index contributed by atoms with van der Waals surface area (Å²) in [5.74, 6) is -0.370. The summed E-state index contributed by atoms with van der Waals surface area (Å²) in [6, 6.07) is 21.2. The third-order valence-corrected chi connectivity index (χ3v) is 9.21. The standard InChI is InChI=1S/C37H41F2N5O2/c1-23-5-13-29(14-6-23)44-34(22-33(42-44)37(2,3)4)41-36(46)40-28-11-7-24(8-12-28)17-25-18-30-15-16-31(19-25)43(30)35(45)20-26-9-10-27(38)21-32(26)39/h5-14,21-22,25,30-31H,15-20H2,1-4H3,(H2,40,41,46). The molecule has 0 saturated carbocycles. The minimum Gasteiger partial charge on any atom is -0.336 e. The molecule has 2 fully saturated rings. The average Bonchev–Trinajstić information content (AvgIpc) is 3.54. The van der Waals surface area contributed by atoms with Crippen LogP contribution in [0.1, 0.15) is 68.8 Å². The molecule has 3 amide bonds. The molecule has 2 saturated heterocycles. The summed E-state index contributed by atoms with van der Waals surface area (Å²) >= 11 is 0. The first-order valence-corrected chi connectivity index (χ1v) is 16.0. The van der Waals surface area contributed by atoms with E-state index < -0.39 is 11.6 Å². The van der Waals surface area contributed by atoms with E-state index >= 15 is 0 Å². The molecule has 4 aromatic rings. The van der Waals surface area contributed by atoms with Gasteiger partial charge in [0.15, 0.2) is 0 Å². The van der Waals surface area contributed by atoms with Crippen molar-refractivity contribution in [2.24, 2.45) is 5.92 Å². The molecular formula is C37H41F2N5O2. The van der Waals surface area contributed by atoms with Gasteiger partial charge in [0.25, 0.3) is 0 Å². The van der Waals surface area contributed by atoms with E-state index in [0.717, 1.165) is 55.1 Å². The average molecular weight is 626 g/mol. The van der Waals surface area contributed by atoms with Gasteiger partial charge in [0.2, 0.25) is 5.91 Å². The fraction of sp³-hybridized carbons (Fsp3) is 0.378. The van der Waals surface area contributed by atoms with Crippen LogP contribution in [-0.2, 0) is 23.1 Å². The molecule has 6 rings (SSSR count). The summed E-state index contributed by atoms with van der Waals surface area (Å²) in [4.78, 5) is 28.2. The molecule has 2 atom stereocenters. The van der Waals surface area contributed by atoms with Gasteiger partial charge in [-0.25, -0.2) is 18.3 Å². The highest BCUT2D eigenvalue weighted by molar-refractivity contribution is 5.99. The molecule has 0 spiro atoms. The number of rotatable bonds is 7. The van der Waals surface area contributed by atoms with Crippen LogP contribution in [0.2, 0.25) is 0 Å². The third kappa shape index (κ3) is 6.98. The number of amides is 3. The van der Waals surface area contributed by atoms with Crippen molar-refractivity contribution in [1.29, 1.82) is 0 Å². The molecule has 46 heavy (non-hydrogen) atoms. The highest BCUT2D eigenvalue weighted by Gasteiger charge is 2.43. The maximum absolute atomic E-state index is 14.2. The van der Waals surface area contributed by atoms with Gasteiger partial charge in [-0.15, -0.1) is 0 Å². The van der Waals surface area contributed by atoms with E-state index in [1.54, 1.807) is 4.68 Å². The van der Waals surface area contributed by atoms with Crippen LogP contribution in [-0.4, -0.2) is 38.7 Å². The Morgan fingerprint density at radius 2 is 1.57 bits per heavy atom. The molecule has 0 aliphatic carbocycles.